The molecule has 1 spiro atoms. The van der Waals surface area contributed by atoms with E-state index in [1.807, 2.05) is 40.6 Å². The maximum Gasteiger partial charge on any atom is 0.227 e. The van der Waals surface area contributed by atoms with Gasteiger partial charge in [0.2, 0.25) is 11.8 Å². The van der Waals surface area contributed by atoms with Crippen LogP contribution >= 0.6 is 11.3 Å². The highest BCUT2D eigenvalue weighted by molar-refractivity contribution is 7.10. The van der Waals surface area contributed by atoms with Crippen LogP contribution in [0.1, 0.15) is 24.1 Å². The van der Waals surface area contributed by atoms with Crippen LogP contribution in [0, 0.1) is 0 Å². The molecular weight excluding hydrogens is 336 g/mol. The highest BCUT2D eigenvalue weighted by Crippen LogP contribution is 2.37. The van der Waals surface area contributed by atoms with Gasteiger partial charge in [0, 0.05) is 36.7 Å². The summed E-state index contributed by atoms with van der Waals surface area (Å²) in [7, 11) is 0. The second-order valence-electron chi connectivity index (χ2n) is 6.74. The minimum Gasteiger partial charge on any atom is -0.472 e. The van der Waals surface area contributed by atoms with E-state index < -0.39 is 0 Å². The van der Waals surface area contributed by atoms with Crippen molar-refractivity contribution in [1.29, 1.82) is 0 Å². The van der Waals surface area contributed by atoms with Gasteiger partial charge >= 0.3 is 0 Å². The van der Waals surface area contributed by atoms with Crippen LogP contribution in [-0.2, 0) is 16.0 Å². The molecule has 25 heavy (non-hydrogen) atoms. The number of hydrogen-bond acceptors (Lipinski definition) is 5. The van der Waals surface area contributed by atoms with Gasteiger partial charge in [-0.1, -0.05) is 12.1 Å². The summed E-state index contributed by atoms with van der Waals surface area (Å²) in [6.45, 7) is 2.13. The van der Waals surface area contributed by atoms with Gasteiger partial charge in [-0.25, -0.2) is 4.98 Å². The highest BCUT2D eigenvalue weighted by Gasteiger charge is 2.44. The van der Waals surface area contributed by atoms with E-state index in [0.29, 0.717) is 18.9 Å². The second-order valence-corrected chi connectivity index (χ2v) is 7.78. The molecule has 2 aliphatic rings. The largest absolute Gasteiger partial charge is 0.472 e. The number of nitrogens with zero attached hydrogens (tertiary/aromatic N) is 2. The molecule has 4 heterocycles. The predicted octanol–water partition coefficient (Wildman–Crippen LogP) is 2.91. The van der Waals surface area contributed by atoms with Crippen molar-refractivity contribution in [1.82, 2.24) is 9.88 Å². The van der Waals surface area contributed by atoms with Gasteiger partial charge in [-0.15, -0.1) is 11.3 Å². The van der Waals surface area contributed by atoms with E-state index >= 15 is 0 Å². The van der Waals surface area contributed by atoms with Gasteiger partial charge < -0.3 is 14.4 Å². The average Bonchev–Trinajstić information content (AvgIpc) is 3.27. The molecule has 2 aromatic rings. The molecule has 2 aromatic heterocycles. The number of piperidine rings is 1. The third kappa shape index (κ3) is 3.85. The molecule has 1 atom stereocenters. The van der Waals surface area contributed by atoms with Crippen LogP contribution in [0.5, 0.6) is 5.88 Å². The summed E-state index contributed by atoms with van der Waals surface area (Å²) < 4.78 is 12.0. The number of aromatic nitrogens is 1. The standard InChI is InChI=1S/C19H22N2O3S/c22-18(12-16-4-3-11-25-16)21-9-6-19(7-10-21)13-15(14-23-19)24-17-5-1-2-8-20-17/h1-5,8,11,15H,6-7,9-10,12-14H2. The first-order chi connectivity index (χ1) is 12.2. The fraction of sp³-hybridized carbons (Fsp3) is 0.474. The van der Waals surface area contributed by atoms with Crippen molar-refractivity contribution in [3.05, 3.63) is 46.8 Å². The van der Waals surface area contributed by atoms with Crippen molar-refractivity contribution in [2.75, 3.05) is 19.7 Å². The monoisotopic (exact) mass is 358 g/mol. The lowest BCUT2D eigenvalue weighted by Gasteiger charge is -2.38. The Hall–Kier alpha value is -1.92. The minimum absolute atomic E-state index is 0.0447. The first kappa shape index (κ1) is 16.5. The first-order valence-electron chi connectivity index (χ1n) is 8.74. The molecular formula is C19H22N2O3S. The van der Waals surface area contributed by atoms with Crippen molar-refractivity contribution in [2.24, 2.45) is 0 Å². The highest BCUT2D eigenvalue weighted by atomic mass is 32.1. The predicted molar refractivity (Wildman–Crippen MR) is 95.8 cm³/mol. The Morgan fingerprint density at radius 2 is 2.20 bits per heavy atom. The number of carbonyl (C=O) groups excluding carboxylic acids is 1. The molecule has 1 unspecified atom stereocenters. The van der Waals surface area contributed by atoms with Gasteiger partial charge in [0.15, 0.2) is 0 Å². The van der Waals surface area contributed by atoms with Gasteiger partial charge in [-0.3, -0.25) is 4.79 Å². The van der Waals surface area contributed by atoms with Crippen molar-refractivity contribution >= 4 is 17.2 Å². The maximum atomic E-state index is 12.4. The van der Waals surface area contributed by atoms with Gasteiger partial charge in [0.1, 0.15) is 6.10 Å². The van der Waals surface area contributed by atoms with Crippen molar-refractivity contribution in [3.63, 3.8) is 0 Å². The molecule has 0 saturated carbocycles. The van der Waals surface area contributed by atoms with E-state index in [9.17, 15) is 4.79 Å². The zero-order valence-corrected chi connectivity index (χ0v) is 14.9. The van der Waals surface area contributed by atoms with Crippen LogP contribution in [0.3, 0.4) is 0 Å². The molecule has 5 nitrogen and oxygen atoms in total. The molecule has 2 saturated heterocycles. The van der Waals surface area contributed by atoms with Crippen LogP contribution in [0.4, 0.5) is 0 Å². The fourth-order valence-corrected chi connectivity index (χ4v) is 4.35. The Labute approximate surface area is 151 Å². The van der Waals surface area contributed by atoms with E-state index in [4.69, 9.17) is 9.47 Å². The van der Waals surface area contributed by atoms with E-state index in [1.54, 1.807) is 17.5 Å². The van der Waals surface area contributed by atoms with Gasteiger partial charge in [-0.05, 0) is 30.4 Å². The zero-order chi connectivity index (χ0) is 17.1. The quantitative estimate of drug-likeness (QED) is 0.843. The smallest absolute Gasteiger partial charge is 0.227 e. The molecule has 0 aromatic carbocycles. The number of rotatable bonds is 4. The first-order valence-corrected chi connectivity index (χ1v) is 9.62. The summed E-state index contributed by atoms with van der Waals surface area (Å²) in [5.74, 6) is 0.869. The zero-order valence-electron chi connectivity index (χ0n) is 14.1. The number of amides is 1. The lowest BCUT2D eigenvalue weighted by Crippen LogP contribution is -2.47. The van der Waals surface area contributed by atoms with Gasteiger partial charge in [0.25, 0.3) is 0 Å². The van der Waals surface area contributed by atoms with Gasteiger partial charge in [0.05, 0.1) is 18.6 Å². The maximum absolute atomic E-state index is 12.4. The number of thiophene rings is 1. The van der Waals surface area contributed by atoms with E-state index in [0.717, 1.165) is 37.2 Å². The van der Waals surface area contributed by atoms with Gasteiger partial charge in [-0.2, -0.15) is 0 Å². The Bertz CT molecular complexity index is 697. The molecule has 0 N–H and O–H groups in total. The summed E-state index contributed by atoms with van der Waals surface area (Å²) >= 11 is 1.64. The molecule has 0 bridgehead atoms. The van der Waals surface area contributed by atoms with Crippen molar-refractivity contribution < 1.29 is 14.3 Å². The molecule has 0 aliphatic carbocycles. The summed E-state index contributed by atoms with van der Waals surface area (Å²) in [5, 5.41) is 2.02. The second kappa shape index (κ2) is 7.14. The lowest BCUT2D eigenvalue weighted by molar-refractivity contribution is -0.135. The molecule has 2 aliphatic heterocycles. The van der Waals surface area contributed by atoms with Crippen LogP contribution in [0.25, 0.3) is 0 Å². The minimum atomic E-state index is -0.140. The molecule has 6 heteroatoms. The average molecular weight is 358 g/mol. The van der Waals surface area contributed by atoms with Crippen LogP contribution in [-0.4, -0.2) is 47.2 Å². The van der Waals surface area contributed by atoms with E-state index in [1.165, 1.54) is 0 Å². The van der Waals surface area contributed by atoms with Crippen LogP contribution < -0.4 is 4.74 Å². The SMILES string of the molecule is O=C(Cc1cccs1)N1CCC2(CC1)CC(Oc1ccccn1)CO2. The topological polar surface area (TPSA) is 51.7 Å². The Balaban J connectivity index is 1.29. The number of hydrogen-bond donors (Lipinski definition) is 0. The molecule has 2 fully saturated rings. The van der Waals surface area contributed by atoms with E-state index in [-0.39, 0.29) is 17.6 Å². The van der Waals surface area contributed by atoms with Crippen LogP contribution in [0.15, 0.2) is 41.9 Å². The summed E-state index contributed by atoms with van der Waals surface area (Å²) in [4.78, 5) is 19.8. The summed E-state index contributed by atoms with van der Waals surface area (Å²) in [6, 6.07) is 9.69. The van der Waals surface area contributed by atoms with Crippen molar-refractivity contribution in [3.8, 4) is 5.88 Å². The molecule has 132 valence electrons. The van der Waals surface area contributed by atoms with Crippen molar-refractivity contribution in [2.45, 2.75) is 37.4 Å². The number of carbonyl (C=O) groups is 1. The Morgan fingerprint density at radius 3 is 2.92 bits per heavy atom. The summed E-state index contributed by atoms with van der Waals surface area (Å²) in [5.41, 5.74) is -0.140. The number of likely N-dealkylation sites (tertiary alicyclic amines) is 1. The Kier molecular flexibility index (Phi) is 4.72. The Morgan fingerprint density at radius 1 is 1.32 bits per heavy atom. The summed E-state index contributed by atoms with van der Waals surface area (Å²) in [6.07, 6.45) is 4.92. The number of pyridine rings is 1. The third-order valence-electron chi connectivity index (χ3n) is 5.03. The normalized spacial score (nSPS) is 22.2. The van der Waals surface area contributed by atoms with Crippen LogP contribution in [0.2, 0.25) is 0 Å². The third-order valence-corrected chi connectivity index (χ3v) is 5.91. The fourth-order valence-electron chi connectivity index (χ4n) is 3.65. The molecule has 1 amide bonds. The molecule has 4 rings (SSSR count). The van der Waals surface area contributed by atoms with E-state index in [2.05, 4.69) is 4.98 Å². The molecule has 0 radical (unpaired) electrons. The lowest BCUT2D eigenvalue weighted by atomic mass is 9.88. The number of ether oxygens (including phenoxy) is 2.